The Kier molecular flexibility index (Phi) is 5.59. The summed E-state index contributed by atoms with van der Waals surface area (Å²) in [7, 11) is 0. The Labute approximate surface area is 155 Å². The summed E-state index contributed by atoms with van der Waals surface area (Å²) in [5.74, 6) is 0.556. The molecule has 0 saturated heterocycles. The van der Waals surface area contributed by atoms with Crippen LogP contribution in [0.1, 0.15) is 6.92 Å². The molecule has 0 unspecified atom stereocenters. The van der Waals surface area contributed by atoms with E-state index in [2.05, 4.69) is 34.1 Å². The molecule has 3 aromatic carbocycles. The molecule has 0 heterocycles. The Morgan fingerprint density at radius 1 is 1.00 bits per heavy atom. The third-order valence-corrected chi connectivity index (χ3v) is 5.38. The van der Waals surface area contributed by atoms with Gasteiger partial charge in [0.1, 0.15) is 0 Å². The summed E-state index contributed by atoms with van der Waals surface area (Å²) in [5, 5.41) is 2.27. The molecule has 0 aliphatic rings. The molecule has 3 aromatic rings. The first-order valence-corrected chi connectivity index (χ1v) is 9.63. The molecule has 0 aliphatic carbocycles. The normalized spacial score (nSPS) is 10.8. The largest absolute Gasteiger partial charge is 0.311 e. The fourth-order valence-electron chi connectivity index (χ4n) is 2.68. The van der Waals surface area contributed by atoms with E-state index in [4.69, 9.17) is 0 Å². The molecular weight excluding hydrogens is 382 g/mol. The molecule has 0 atom stereocenters. The molecule has 2 nitrogen and oxygen atoms in total. The number of hydrogen-bond donors (Lipinski definition) is 0. The van der Waals surface area contributed by atoms with E-state index in [9.17, 15) is 4.79 Å². The summed E-state index contributed by atoms with van der Waals surface area (Å²) in [6.45, 7) is 2.68. The predicted octanol–water partition coefficient (Wildman–Crippen LogP) is 5.75. The molecular formula is C20H18BrNOS. The Bertz CT molecular complexity index is 842. The van der Waals surface area contributed by atoms with E-state index < -0.39 is 0 Å². The van der Waals surface area contributed by atoms with Crippen LogP contribution in [0.25, 0.3) is 10.8 Å². The van der Waals surface area contributed by atoms with Gasteiger partial charge >= 0.3 is 0 Å². The molecule has 1 amide bonds. The lowest BCUT2D eigenvalue weighted by Crippen LogP contribution is -2.32. The summed E-state index contributed by atoms with van der Waals surface area (Å²) in [6, 6.07) is 22.3. The number of hydrogen-bond acceptors (Lipinski definition) is 2. The number of carbonyl (C=O) groups excluding carboxylic acids is 1. The van der Waals surface area contributed by atoms with Gasteiger partial charge in [0.05, 0.1) is 11.4 Å². The number of benzene rings is 3. The van der Waals surface area contributed by atoms with Crippen LogP contribution >= 0.6 is 27.7 Å². The van der Waals surface area contributed by atoms with Crippen molar-refractivity contribution in [2.45, 2.75) is 11.8 Å². The van der Waals surface area contributed by atoms with E-state index in [0.717, 1.165) is 25.8 Å². The number of nitrogens with zero attached hydrogens (tertiary/aromatic N) is 1. The lowest BCUT2D eigenvalue weighted by atomic mass is 10.1. The van der Waals surface area contributed by atoms with Gasteiger partial charge in [-0.05, 0) is 42.6 Å². The molecule has 0 fully saturated rings. The Balaban J connectivity index is 1.79. The molecule has 0 radical (unpaired) electrons. The maximum atomic E-state index is 12.8. The van der Waals surface area contributed by atoms with Crippen molar-refractivity contribution in [2.24, 2.45) is 0 Å². The second-order valence-electron chi connectivity index (χ2n) is 5.38. The van der Waals surface area contributed by atoms with Crippen molar-refractivity contribution in [2.75, 3.05) is 17.2 Å². The number of anilines is 1. The van der Waals surface area contributed by atoms with Crippen LogP contribution in [-0.4, -0.2) is 18.2 Å². The highest BCUT2D eigenvalue weighted by molar-refractivity contribution is 9.10. The maximum Gasteiger partial charge on any atom is 0.237 e. The number of thioether (sulfide) groups is 1. The lowest BCUT2D eigenvalue weighted by molar-refractivity contribution is -0.116. The molecule has 0 bridgehead atoms. The first-order chi connectivity index (χ1) is 11.7. The SMILES string of the molecule is CCN(C(=O)CSc1ccc(Br)cc1)c1cccc2ccccc12. The number of amides is 1. The molecule has 24 heavy (non-hydrogen) atoms. The average Bonchev–Trinajstić information content (AvgIpc) is 2.62. The fourth-order valence-corrected chi connectivity index (χ4v) is 3.72. The summed E-state index contributed by atoms with van der Waals surface area (Å²) in [6.07, 6.45) is 0. The van der Waals surface area contributed by atoms with Gasteiger partial charge in [0, 0.05) is 21.3 Å². The van der Waals surface area contributed by atoms with E-state index in [0.29, 0.717) is 12.3 Å². The van der Waals surface area contributed by atoms with Crippen LogP contribution in [0.15, 0.2) is 76.1 Å². The summed E-state index contributed by atoms with van der Waals surface area (Å²) in [5.41, 5.74) is 0.983. The zero-order valence-corrected chi connectivity index (χ0v) is 15.8. The second kappa shape index (κ2) is 7.86. The molecule has 4 heteroatoms. The van der Waals surface area contributed by atoms with Crippen molar-refractivity contribution in [1.82, 2.24) is 0 Å². The number of rotatable bonds is 5. The minimum Gasteiger partial charge on any atom is -0.311 e. The smallest absolute Gasteiger partial charge is 0.237 e. The van der Waals surface area contributed by atoms with Gasteiger partial charge in [-0.25, -0.2) is 0 Å². The van der Waals surface area contributed by atoms with Crippen molar-refractivity contribution in [3.05, 3.63) is 71.2 Å². The van der Waals surface area contributed by atoms with Crippen LogP contribution in [0.4, 0.5) is 5.69 Å². The molecule has 122 valence electrons. The van der Waals surface area contributed by atoms with Gasteiger partial charge in [0.2, 0.25) is 5.91 Å². The van der Waals surface area contributed by atoms with E-state index in [-0.39, 0.29) is 5.91 Å². The summed E-state index contributed by atoms with van der Waals surface area (Å²) >= 11 is 5.00. The van der Waals surface area contributed by atoms with Crippen molar-refractivity contribution in [1.29, 1.82) is 0 Å². The van der Waals surface area contributed by atoms with Gasteiger partial charge in [-0.2, -0.15) is 0 Å². The number of fused-ring (bicyclic) bond motifs is 1. The quantitative estimate of drug-likeness (QED) is 0.509. The van der Waals surface area contributed by atoms with Gasteiger partial charge in [-0.3, -0.25) is 4.79 Å². The Morgan fingerprint density at radius 2 is 1.71 bits per heavy atom. The van der Waals surface area contributed by atoms with Crippen molar-refractivity contribution in [3.8, 4) is 0 Å². The van der Waals surface area contributed by atoms with E-state index in [1.54, 1.807) is 11.8 Å². The topological polar surface area (TPSA) is 20.3 Å². The van der Waals surface area contributed by atoms with Gasteiger partial charge < -0.3 is 4.90 Å². The number of carbonyl (C=O) groups is 1. The molecule has 0 aliphatic heterocycles. The van der Waals surface area contributed by atoms with Crippen LogP contribution in [0, 0.1) is 0 Å². The molecule has 0 spiro atoms. The van der Waals surface area contributed by atoms with Gasteiger partial charge in [0.15, 0.2) is 0 Å². The third kappa shape index (κ3) is 3.82. The maximum absolute atomic E-state index is 12.8. The van der Waals surface area contributed by atoms with E-state index in [1.807, 2.05) is 60.4 Å². The molecule has 0 N–H and O–H groups in total. The highest BCUT2D eigenvalue weighted by Crippen LogP contribution is 2.28. The van der Waals surface area contributed by atoms with Crippen molar-refractivity contribution < 1.29 is 4.79 Å². The van der Waals surface area contributed by atoms with Gasteiger partial charge in [-0.15, -0.1) is 11.8 Å². The minimum absolute atomic E-state index is 0.127. The van der Waals surface area contributed by atoms with Gasteiger partial charge in [-0.1, -0.05) is 52.3 Å². The van der Waals surface area contributed by atoms with Crippen LogP contribution in [0.3, 0.4) is 0 Å². The lowest BCUT2D eigenvalue weighted by Gasteiger charge is -2.22. The minimum atomic E-state index is 0.127. The first-order valence-electron chi connectivity index (χ1n) is 7.85. The fraction of sp³-hybridized carbons (Fsp3) is 0.150. The first kappa shape index (κ1) is 17.1. The van der Waals surface area contributed by atoms with Crippen LogP contribution in [0.2, 0.25) is 0 Å². The third-order valence-electron chi connectivity index (χ3n) is 3.85. The summed E-state index contributed by atoms with van der Waals surface area (Å²) in [4.78, 5) is 15.7. The van der Waals surface area contributed by atoms with E-state index >= 15 is 0 Å². The molecule has 0 aromatic heterocycles. The van der Waals surface area contributed by atoms with Crippen LogP contribution in [0.5, 0.6) is 0 Å². The predicted molar refractivity (Wildman–Crippen MR) is 107 cm³/mol. The zero-order valence-electron chi connectivity index (χ0n) is 13.4. The Hall–Kier alpha value is -1.78. The highest BCUT2D eigenvalue weighted by Gasteiger charge is 2.16. The number of halogens is 1. The monoisotopic (exact) mass is 399 g/mol. The van der Waals surface area contributed by atoms with Crippen molar-refractivity contribution in [3.63, 3.8) is 0 Å². The average molecular weight is 400 g/mol. The molecule has 0 saturated carbocycles. The van der Waals surface area contributed by atoms with Crippen LogP contribution < -0.4 is 4.90 Å². The zero-order chi connectivity index (χ0) is 16.9. The second-order valence-corrected chi connectivity index (χ2v) is 7.34. The molecule has 3 rings (SSSR count). The summed E-state index contributed by atoms with van der Waals surface area (Å²) < 4.78 is 1.05. The van der Waals surface area contributed by atoms with Crippen LogP contribution in [-0.2, 0) is 4.79 Å². The van der Waals surface area contributed by atoms with Crippen molar-refractivity contribution >= 4 is 50.1 Å². The van der Waals surface area contributed by atoms with E-state index in [1.165, 1.54) is 0 Å². The highest BCUT2D eigenvalue weighted by atomic mass is 79.9. The Morgan fingerprint density at radius 3 is 2.46 bits per heavy atom. The standard InChI is InChI=1S/C20H18BrNOS/c1-2-22(19-9-5-7-15-6-3-4-8-18(15)19)20(23)14-24-17-12-10-16(21)11-13-17/h3-13H,2,14H2,1H3. The van der Waals surface area contributed by atoms with Gasteiger partial charge in [0.25, 0.3) is 0 Å².